The Morgan fingerprint density at radius 3 is 2.70 bits per heavy atom. The van der Waals surface area contributed by atoms with Gasteiger partial charge >= 0.3 is 6.09 Å². The van der Waals surface area contributed by atoms with E-state index in [0.29, 0.717) is 23.4 Å². The van der Waals surface area contributed by atoms with Crippen molar-refractivity contribution in [3.05, 3.63) is 52.7 Å². The van der Waals surface area contributed by atoms with Gasteiger partial charge in [0.25, 0.3) is 11.8 Å². The molecule has 1 N–H and O–H groups in total. The van der Waals surface area contributed by atoms with Crippen LogP contribution in [0.2, 0.25) is 0 Å². The van der Waals surface area contributed by atoms with Gasteiger partial charge in [-0.3, -0.25) is 14.6 Å². The molecule has 0 aliphatic carbocycles. The topological polar surface area (TPSA) is 88.6 Å². The lowest BCUT2D eigenvalue weighted by atomic mass is 9.99. The van der Waals surface area contributed by atoms with E-state index in [9.17, 15) is 14.4 Å². The van der Waals surface area contributed by atoms with Crippen molar-refractivity contribution in [1.82, 2.24) is 15.2 Å². The predicted molar refractivity (Wildman–Crippen MR) is 97.0 cm³/mol. The zero-order valence-corrected chi connectivity index (χ0v) is 15.3. The molecule has 0 spiro atoms. The van der Waals surface area contributed by atoms with Gasteiger partial charge in [-0.05, 0) is 44.5 Å². The molecule has 0 saturated carbocycles. The fraction of sp³-hybridized carbons (Fsp3) is 0.300. The minimum absolute atomic E-state index is 0.110. The molecule has 2 aliphatic heterocycles. The summed E-state index contributed by atoms with van der Waals surface area (Å²) in [6.07, 6.45) is 0.948. The van der Waals surface area contributed by atoms with E-state index in [2.05, 4.69) is 10.3 Å². The highest BCUT2D eigenvalue weighted by atomic mass is 16.6. The number of carbonyl (C=O) groups is 3. The van der Waals surface area contributed by atoms with E-state index in [1.807, 2.05) is 6.07 Å². The predicted octanol–water partition coefficient (Wildman–Crippen LogP) is 2.88. The molecule has 0 saturated heterocycles. The smallest absolute Gasteiger partial charge is 0.417 e. The summed E-state index contributed by atoms with van der Waals surface area (Å²) in [7, 11) is 0. The fourth-order valence-electron chi connectivity index (χ4n) is 3.33. The number of rotatable bonds is 1. The molecular formula is C20H19N3O4. The van der Waals surface area contributed by atoms with Gasteiger partial charge in [-0.1, -0.05) is 6.07 Å². The number of pyridine rings is 1. The zero-order valence-electron chi connectivity index (χ0n) is 15.3. The number of nitrogens with one attached hydrogen (secondary N) is 1. The van der Waals surface area contributed by atoms with Crippen LogP contribution in [-0.4, -0.2) is 33.4 Å². The molecule has 0 radical (unpaired) electrons. The van der Waals surface area contributed by atoms with E-state index in [-0.39, 0.29) is 18.4 Å². The van der Waals surface area contributed by atoms with Gasteiger partial charge in [0.1, 0.15) is 5.60 Å². The monoisotopic (exact) mass is 365 g/mol. The second-order valence-electron chi connectivity index (χ2n) is 7.61. The summed E-state index contributed by atoms with van der Waals surface area (Å²) in [6, 6.07) is 7.04. The molecule has 7 heteroatoms. The van der Waals surface area contributed by atoms with E-state index in [1.54, 1.807) is 45.2 Å². The van der Waals surface area contributed by atoms with E-state index in [4.69, 9.17) is 4.74 Å². The van der Waals surface area contributed by atoms with Crippen LogP contribution in [0.3, 0.4) is 0 Å². The van der Waals surface area contributed by atoms with Crippen molar-refractivity contribution >= 4 is 17.9 Å². The molecule has 2 aliphatic rings. The number of hydrogen-bond acceptors (Lipinski definition) is 5. The van der Waals surface area contributed by atoms with Crippen LogP contribution in [-0.2, 0) is 17.8 Å². The van der Waals surface area contributed by atoms with Crippen LogP contribution in [0.1, 0.15) is 52.6 Å². The van der Waals surface area contributed by atoms with Gasteiger partial charge in [0.15, 0.2) is 0 Å². The van der Waals surface area contributed by atoms with Crippen LogP contribution in [0, 0.1) is 0 Å². The quantitative estimate of drug-likeness (QED) is 0.839. The maximum Gasteiger partial charge on any atom is 0.417 e. The summed E-state index contributed by atoms with van der Waals surface area (Å²) < 4.78 is 5.32. The summed E-state index contributed by atoms with van der Waals surface area (Å²) >= 11 is 0. The second-order valence-corrected chi connectivity index (χ2v) is 7.61. The third kappa shape index (κ3) is 2.95. The van der Waals surface area contributed by atoms with Crippen molar-refractivity contribution in [2.24, 2.45) is 0 Å². The number of nitrogens with zero attached hydrogens (tertiary/aromatic N) is 2. The molecule has 3 heterocycles. The largest absolute Gasteiger partial charge is 0.443 e. The first-order valence-electron chi connectivity index (χ1n) is 8.69. The Hall–Kier alpha value is -3.22. The van der Waals surface area contributed by atoms with Crippen LogP contribution in [0.5, 0.6) is 0 Å². The Balaban J connectivity index is 1.67. The van der Waals surface area contributed by atoms with Gasteiger partial charge < -0.3 is 10.1 Å². The minimum atomic E-state index is -0.675. The van der Waals surface area contributed by atoms with E-state index < -0.39 is 11.7 Å². The lowest BCUT2D eigenvalue weighted by Crippen LogP contribution is -2.36. The van der Waals surface area contributed by atoms with Crippen molar-refractivity contribution in [2.75, 3.05) is 0 Å². The minimum Gasteiger partial charge on any atom is -0.443 e. The number of benzene rings is 1. The van der Waals surface area contributed by atoms with Crippen LogP contribution in [0.25, 0.3) is 11.3 Å². The molecule has 0 atom stereocenters. The summed E-state index contributed by atoms with van der Waals surface area (Å²) in [5.41, 5.74) is 3.51. The SMILES string of the molecule is CC(C)(C)OC(=O)N1Cc2cc(-c3nccc4c3CNC4=O)ccc2C1=O. The number of aromatic nitrogens is 1. The fourth-order valence-corrected chi connectivity index (χ4v) is 3.33. The summed E-state index contributed by atoms with van der Waals surface area (Å²) in [5.74, 6) is -0.477. The molecule has 0 unspecified atom stereocenters. The van der Waals surface area contributed by atoms with Gasteiger partial charge in [-0.15, -0.1) is 0 Å². The summed E-state index contributed by atoms with van der Waals surface area (Å²) in [5, 5.41) is 2.80. The zero-order chi connectivity index (χ0) is 19.3. The molecule has 27 heavy (non-hydrogen) atoms. The molecule has 1 aromatic carbocycles. The van der Waals surface area contributed by atoms with Crippen molar-refractivity contribution in [2.45, 2.75) is 39.5 Å². The van der Waals surface area contributed by atoms with E-state index in [1.165, 1.54) is 0 Å². The van der Waals surface area contributed by atoms with Gasteiger partial charge in [-0.2, -0.15) is 0 Å². The summed E-state index contributed by atoms with van der Waals surface area (Å²) in [4.78, 5) is 42.3. The standard InChI is InChI=1S/C20H19N3O4/c1-20(2,3)27-19(26)23-10-12-8-11(4-5-13(12)18(23)25)16-15-9-22-17(24)14(15)6-7-21-16/h4-8H,9-10H2,1-3H3,(H,22,24). The van der Waals surface area contributed by atoms with Crippen molar-refractivity contribution in [3.8, 4) is 11.3 Å². The first-order chi connectivity index (χ1) is 12.7. The summed E-state index contributed by atoms with van der Waals surface area (Å²) in [6.45, 7) is 5.86. The van der Waals surface area contributed by atoms with Crippen LogP contribution >= 0.6 is 0 Å². The lowest BCUT2D eigenvalue weighted by molar-refractivity contribution is 0.0248. The van der Waals surface area contributed by atoms with Gasteiger partial charge in [0.05, 0.1) is 12.2 Å². The third-order valence-corrected chi connectivity index (χ3v) is 4.52. The molecule has 0 bridgehead atoms. The van der Waals surface area contributed by atoms with Gasteiger partial charge in [-0.25, -0.2) is 9.69 Å². The molecule has 2 aromatic rings. The Bertz CT molecular complexity index is 991. The Morgan fingerprint density at radius 1 is 1.19 bits per heavy atom. The number of hydrogen-bond donors (Lipinski definition) is 1. The Morgan fingerprint density at radius 2 is 1.96 bits per heavy atom. The Labute approximate surface area is 156 Å². The highest BCUT2D eigenvalue weighted by molar-refractivity contribution is 6.07. The Kier molecular flexibility index (Phi) is 3.76. The number of fused-ring (bicyclic) bond motifs is 2. The number of imide groups is 1. The molecule has 138 valence electrons. The van der Waals surface area contributed by atoms with E-state index in [0.717, 1.165) is 21.6 Å². The first-order valence-corrected chi connectivity index (χ1v) is 8.69. The second kappa shape index (κ2) is 5.90. The highest BCUT2D eigenvalue weighted by Crippen LogP contribution is 2.32. The molecule has 1 aromatic heterocycles. The lowest BCUT2D eigenvalue weighted by Gasteiger charge is -2.23. The first kappa shape index (κ1) is 17.2. The maximum absolute atomic E-state index is 12.6. The highest BCUT2D eigenvalue weighted by Gasteiger charge is 2.35. The third-order valence-electron chi connectivity index (χ3n) is 4.52. The van der Waals surface area contributed by atoms with Crippen LogP contribution in [0.4, 0.5) is 4.79 Å². The van der Waals surface area contributed by atoms with Crippen molar-refractivity contribution in [1.29, 1.82) is 0 Å². The van der Waals surface area contributed by atoms with Gasteiger partial charge in [0, 0.05) is 35.0 Å². The van der Waals surface area contributed by atoms with Crippen LogP contribution in [0.15, 0.2) is 30.5 Å². The van der Waals surface area contributed by atoms with Crippen molar-refractivity contribution < 1.29 is 19.1 Å². The number of carbonyl (C=O) groups excluding carboxylic acids is 3. The molecular weight excluding hydrogens is 346 g/mol. The maximum atomic E-state index is 12.6. The molecule has 3 amide bonds. The van der Waals surface area contributed by atoms with Gasteiger partial charge in [0.2, 0.25) is 0 Å². The molecule has 4 rings (SSSR count). The average molecular weight is 365 g/mol. The van der Waals surface area contributed by atoms with Crippen molar-refractivity contribution in [3.63, 3.8) is 0 Å². The molecule has 7 nitrogen and oxygen atoms in total. The number of ether oxygens (including phenoxy) is 1. The number of amides is 3. The average Bonchev–Trinajstić information content (AvgIpc) is 3.14. The normalized spacial score (nSPS) is 15.4. The van der Waals surface area contributed by atoms with E-state index >= 15 is 0 Å². The van der Waals surface area contributed by atoms with Crippen LogP contribution < -0.4 is 5.32 Å². The molecule has 0 fully saturated rings.